The van der Waals surface area contributed by atoms with E-state index in [1.807, 2.05) is 16.3 Å². The highest BCUT2D eigenvalue weighted by Crippen LogP contribution is 2.11. The van der Waals surface area contributed by atoms with E-state index >= 15 is 0 Å². The third kappa shape index (κ3) is 6.34. The second kappa shape index (κ2) is 9.22. The Hall–Kier alpha value is -1.98. The maximum absolute atomic E-state index is 12.8. The van der Waals surface area contributed by atoms with E-state index in [1.54, 1.807) is 29.5 Å². The molecule has 23 heavy (non-hydrogen) atoms. The lowest BCUT2D eigenvalue weighted by Gasteiger charge is -2.19. The number of halogens is 1. The van der Waals surface area contributed by atoms with Crippen molar-refractivity contribution >= 4 is 17.2 Å². The van der Waals surface area contributed by atoms with Crippen LogP contribution in [-0.4, -0.2) is 30.4 Å². The summed E-state index contributed by atoms with van der Waals surface area (Å²) in [7, 11) is 0. The molecule has 0 fully saturated rings. The Bertz CT molecular complexity index is 610. The molecule has 122 valence electrons. The van der Waals surface area contributed by atoms with Crippen molar-refractivity contribution in [2.24, 2.45) is 0 Å². The van der Waals surface area contributed by atoms with Crippen LogP contribution in [0, 0.1) is 5.82 Å². The maximum atomic E-state index is 12.8. The number of hydrogen-bond acceptors (Lipinski definition) is 3. The zero-order valence-electron chi connectivity index (χ0n) is 13.0. The zero-order valence-corrected chi connectivity index (χ0v) is 13.8. The van der Waals surface area contributed by atoms with Crippen molar-refractivity contribution in [1.29, 1.82) is 0 Å². The van der Waals surface area contributed by atoms with Crippen LogP contribution in [0.25, 0.3) is 0 Å². The second-order valence-electron chi connectivity index (χ2n) is 5.26. The first-order chi connectivity index (χ1) is 11.2. The Morgan fingerprint density at radius 3 is 2.74 bits per heavy atom. The number of nitrogens with one attached hydrogen (secondary N) is 1. The van der Waals surface area contributed by atoms with Gasteiger partial charge in [-0.05, 0) is 35.6 Å². The van der Waals surface area contributed by atoms with Crippen LogP contribution < -0.4 is 5.32 Å². The number of carbonyl (C=O) groups excluding carboxylic acids is 1. The van der Waals surface area contributed by atoms with Crippen LogP contribution in [0.3, 0.4) is 0 Å². The summed E-state index contributed by atoms with van der Waals surface area (Å²) in [5.41, 5.74) is 1.01. The molecule has 2 rings (SSSR count). The number of hydrogen-bond donors (Lipinski definition) is 1. The zero-order chi connectivity index (χ0) is 16.5. The van der Waals surface area contributed by atoms with Crippen LogP contribution in [0.2, 0.25) is 0 Å². The molecular weight excluding hydrogens is 311 g/mol. The largest absolute Gasteiger partial charge is 0.355 e. The lowest BCUT2D eigenvalue weighted by atomic mass is 10.1. The third-order valence-corrected chi connectivity index (χ3v) is 4.22. The average Bonchev–Trinajstić information content (AvgIpc) is 3.02. The second-order valence-corrected chi connectivity index (χ2v) is 6.30. The van der Waals surface area contributed by atoms with Crippen LogP contribution in [0.15, 0.2) is 54.4 Å². The highest BCUT2D eigenvalue weighted by atomic mass is 32.1. The Labute approximate surface area is 140 Å². The molecular formula is C18H21FN2OS. The first-order valence-electron chi connectivity index (χ1n) is 7.54. The van der Waals surface area contributed by atoms with Gasteiger partial charge in [0.1, 0.15) is 5.82 Å². The van der Waals surface area contributed by atoms with Crippen molar-refractivity contribution in [3.63, 3.8) is 0 Å². The molecule has 0 aliphatic rings. The fourth-order valence-electron chi connectivity index (χ4n) is 2.25. The molecule has 0 bridgehead atoms. The predicted octanol–water partition coefficient (Wildman–Crippen LogP) is 3.23. The van der Waals surface area contributed by atoms with Crippen LogP contribution in [0.5, 0.6) is 0 Å². The van der Waals surface area contributed by atoms with Gasteiger partial charge >= 0.3 is 0 Å². The minimum absolute atomic E-state index is 0.00878. The SMILES string of the molecule is C=CCN(CC(=O)NCCc1ccc(F)cc1)Cc1cccs1. The summed E-state index contributed by atoms with van der Waals surface area (Å²) in [6.45, 7) is 6.05. The van der Waals surface area contributed by atoms with Crippen LogP contribution in [0.4, 0.5) is 4.39 Å². The molecule has 1 aromatic carbocycles. The number of rotatable bonds is 9. The molecule has 0 spiro atoms. The van der Waals surface area contributed by atoms with Crippen molar-refractivity contribution in [2.45, 2.75) is 13.0 Å². The molecule has 0 aliphatic heterocycles. The van der Waals surface area contributed by atoms with Crippen LogP contribution in [0.1, 0.15) is 10.4 Å². The van der Waals surface area contributed by atoms with Gasteiger partial charge in [-0.1, -0.05) is 24.3 Å². The van der Waals surface area contributed by atoms with Gasteiger partial charge in [-0.25, -0.2) is 4.39 Å². The van der Waals surface area contributed by atoms with Gasteiger partial charge in [-0.2, -0.15) is 0 Å². The summed E-state index contributed by atoms with van der Waals surface area (Å²) in [6.07, 6.45) is 2.50. The van der Waals surface area contributed by atoms with Crippen LogP contribution >= 0.6 is 11.3 Å². The summed E-state index contributed by atoms with van der Waals surface area (Å²) in [4.78, 5) is 15.3. The number of amides is 1. The highest BCUT2D eigenvalue weighted by molar-refractivity contribution is 7.09. The third-order valence-electron chi connectivity index (χ3n) is 3.36. The summed E-state index contributed by atoms with van der Waals surface area (Å²) < 4.78 is 12.8. The van der Waals surface area contributed by atoms with Gasteiger partial charge in [0, 0.05) is 24.5 Å². The molecule has 1 aromatic heterocycles. The predicted molar refractivity (Wildman–Crippen MR) is 92.9 cm³/mol. The molecule has 2 aromatic rings. The number of thiophene rings is 1. The monoisotopic (exact) mass is 332 g/mol. The normalized spacial score (nSPS) is 10.7. The van der Waals surface area contributed by atoms with E-state index < -0.39 is 0 Å². The summed E-state index contributed by atoms with van der Waals surface area (Å²) in [6, 6.07) is 10.4. The molecule has 0 saturated heterocycles. The lowest BCUT2D eigenvalue weighted by molar-refractivity contribution is -0.122. The van der Waals surface area contributed by atoms with E-state index in [1.165, 1.54) is 17.0 Å². The van der Waals surface area contributed by atoms with Crippen molar-refractivity contribution < 1.29 is 9.18 Å². The molecule has 1 heterocycles. The maximum Gasteiger partial charge on any atom is 0.234 e. The highest BCUT2D eigenvalue weighted by Gasteiger charge is 2.10. The van der Waals surface area contributed by atoms with E-state index in [2.05, 4.69) is 18.0 Å². The van der Waals surface area contributed by atoms with Gasteiger partial charge in [0.2, 0.25) is 5.91 Å². The van der Waals surface area contributed by atoms with Gasteiger partial charge in [0.25, 0.3) is 0 Å². The van der Waals surface area contributed by atoms with Crippen molar-refractivity contribution in [3.8, 4) is 0 Å². The van der Waals surface area contributed by atoms with E-state index in [-0.39, 0.29) is 11.7 Å². The van der Waals surface area contributed by atoms with Gasteiger partial charge in [0.05, 0.1) is 6.54 Å². The molecule has 0 radical (unpaired) electrons. The average molecular weight is 332 g/mol. The fraction of sp³-hybridized carbons (Fsp3) is 0.278. The minimum atomic E-state index is -0.244. The van der Waals surface area contributed by atoms with E-state index in [0.29, 0.717) is 26.1 Å². The molecule has 1 N–H and O–H groups in total. The van der Waals surface area contributed by atoms with Gasteiger partial charge < -0.3 is 5.32 Å². The Morgan fingerprint density at radius 2 is 2.09 bits per heavy atom. The topological polar surface area (TPSA) is 32.3 Å². The van der Waals surface area contributed by atoms with Gasteiger partial charge in [0.15, 0.2) is 0 Å². The van der Waals surface area contributed by atoms with Crippen molar-refractivity contribution in [1.82, 2.24) is 10.2 Å². The lowest BCUT2D eigenvalue weighted by Crippen LogP contribution is -2.37. The molecule has 3 nitrogen and oxygen atoms in total. The van der Waals surface area contributed by atoms with E-state index in [9.17, 15) is 9.18 Å². The van der Waals surface area contributed by atoms with Crippen molar-refractivity contribution in [2.75, 3.05) is 19.6 Å². The van der Waals surface area contributed by atoms with Gasteiger partial charge in [-0.3, -0.25) is 9.69 Å². The molecule has 1 amide bonds. The van der Waals surface area contributed by atoms with E-state index in [4.69, 9.17) is 0 Å². The standard InChI is InChI=1S/C18H21FN2OS/c1-2-11-21(13-17-4-3-12-23-17)14-18(22)20-10-9-15-5-7-16(19)8-6-15/h2-8,12H,1,9-11,13-14H2,(H,20,22). The fourth-order valence-corrected chi connectivity index (χ4v) is 2.99. The minimum Gasteiger partial charge on any atom is -0.355 e. The molecule has 0 saturated carbocycles. The summed E-state index contributed by atoms with van der Waals surface area (Å²) in [5, 5.41) is 4.94. The molecule has 0 aliphatic carbocycles. The van der Waals surface area contributed by atoms with Crippen molar-refractivity contribution in [3.05, 3.63) is 70.7 Å². The van der Waals surface area contributed by atoms with E-state index in [0.717, 1.165) is 12.1 Å². The Morgan fingerprint density at radius 1 is 1.30 bits per heavy atom. The smallest absolute Gasteiger partial charge is 0.234 e. The first kappa shape index (κ1) is 17.4. The molecule has 0 atom stereocenters. The number of benzene rings is 1. The summed E-state index contributed by atoms with van der Waals surface area (Å²) >= 11 is 1.68. The molecule has 0 unspecified atom stereocenters. The number of nitrogens with zero attached hydrogens (tertiary/aromatic N) is 1. The summed E-state index contributed by atoms with van der Waals surface area (Å²) in [5.74, 6) is -0.253. The quantitative estimate of drug-likeness (QED) is 0.715. The Balaban J connectivity index is 1.75. The number of carbonyl (C=O) groups is 1. The molecule has 5 heteroatoms. The first-order valence-corrected chi connectivity index (χ1v) is 8.42. The Kier molecular flexibility index (Phi) is 6.97. The van der Waals surface area contributed by atoms with Gasteiger partial charge in [-0.15, -0.1) is 17.9 Å². The van der Waals surface area contributed by atoms with Crippen LogP contribution in [-0.2, 0) is 17.8 Å².